The molecule has 0 spiro atoms. The fourth-order valence-corrected chi connectivity index (χ4v) is 3.73. The van der Waals surface area contributed by atoms with Gasteiger partial charge in [-0.25, -0.2) is 4.21 Å². The van der Waals surface area contributed by atoms with Gasteiger partial charge in [0.25, 0.3) is 5.56 Å². The van der Waals surface area contributed by atoms with E-state index in [9.17, 15) is 9.00 Å². The molecule has 0 saturated carbocycles. The second-order valence-electron chi connectivity index (χ2n) is 5.95. The zero-order valence-electron chi connectivity index (χ0n) is 15.4. The van der Waals surface area contributed by atoms with Crippen LogP contribution in [0.15, 0.2) is 29.1 Å². The quantitative estimate of drug-likeness (QED) is 0.706. The lowest BCUT2D eigenvalue weighted by molar-refractivity contribution is 0.415. The summed E-state index contributed by atoms with van der Waals surface area (Å²) in [5.74, 6) is 1.27. The number of hydrogen-bond acceptors (Lipinski definition) is 4. The Kier molecular flexibility index (Phi) is 7.11. The van der Waals surface area contributed by atoms with Crippen LogP contribution in [0.2, 0.25) is 5.02 Å². The number of benzene rings is 1. The van der Waals surface area contributed by atoms with Crippen molar-refractivity contribution >= 4 is 39.8 Å². The van der Waals surface area contributed by atoms with Crippen molar-refractivity contribution in [3.05, 3.63) is 45.2 Å². The van der Waals surface area contributed by atoms with E-state index in [1.807, 2.05) is 32.0 Å². The summed E-state index contributed by atoms with van der Waals surface area (Å²) in [6, 6.07) is 6.94. The highest BCUT2D eigenvalue weighted by atomic mass is 35.5. The number of rotatable bonds is 8. The van der Waals surface area contributed by atoms with Crippen LogP contribution in [0.25, 0.3) is 0 Å². The van der Waals surface area contributed by atoms with Gasteiger partial charge in [0, 0.05) is 18.9 Å². The van der Waals surface area contributed by atoms with Crippen LogP contribution in [-0.4, -0.2) is 21.6 Å². The standard InChI is InChI=1S/C18H24ClN3O3S/c1-5-6-9-26(24)21-17-15(25-4)11-16(23)22(3)18(17)20-14-8-7-12(2)10-13(14)19/h7-8,10-11,20-21H,5-6,9H2,1-4H3. The van der Waals surface area contributed by atoms with Crippen molar-refractivity contribution in [2.75, 3.05) is 22.9 Å². The molecule has 2 rings (SSSR count). The summed E-state index contributed by atoms with van der Waals surface area (Å²) in [5.41, 5.74) is 1.88. The van der Waals surface area contributed by atoms with Crippen LogP contribution >= 0.6 is 11.6 Å². The maximum Gasteiger partial charge on any atom is 0.255 e. The molecule has 0 saturated heterocycles. The lowest BCUT2D eigenvalue weighted by Gasteiger charge is -2.20. The van der Waals surface area contributed by atoms with Gasteiger partial charge in [-0.1, -0.05) is 31.0 Å². The number of ether oxygens (including phenoxy) is 1. The molecular weight excluding hydrogens is 374 g/mol. The van der Waals surface area contributed by atoms with Gasteiger partial charge in [-0.05, 0) is 31.0 Å². The monoisotopic (exact) mass is 397 g/mol. The Hall–Kier alpha value is -1.99. The van der Waals surface area contributed by atoms with Crippen molar-refractivity contribution in [1.82, 2.24) is 4.57 Å². The number of unbranched alkanes of at least 4 members (excludes halogenated alkanes) is 1. The summed E-state index contributed by atoms with van der Waals surface area (Å²) < 4.78 is 22.1. The molecule has 0 amide bonds. The minimum absolute atomic E-state index is 0.252. The average molecular weight is 398 g/mol. The van der Waals surface area contributed by atoms with E-state index in [1.165, 1.54) is 17.7 Å². The number of aryl methyl sites for hydroxylation is 1. The third-order valence-corrected chi connectivity index (χ3v) is 5.30. The minimum Gasteiger partial charge on any atom is -0.494 e. The Morgan fingerprint density at radius 2 is 2.04 bits per heavy atom. The first-order valence-corrected chi connectivity index (χ1v) is 10.0. The normalized spacial score (nSPS) is 11.9. The Morgan fingerprint density at radius 1 is 1.31 bits per heavy atom. The van der Waals surface area contributed by atoms with Gasteiger partial charge in [-0.15, -0.1) is 0 Å². The van der Waals surface area contributed by atoms with Crippen LogP contribution in [-0.2, 0) is 18.0 Å². The van der Waals surface area contributed by atoms with Crippen molar-refractivity contribution in [3.8, 4) is 5.75 Å². The summed E-state index contributed by atoms with van der Waals surface area (Å²) in [6.45, 7) is 3.98. The molecule has 26 heavy (non-hydrogen) atoms. The second kappa shape index (κ2) is 9.09. The zero-order chi connectivity index (χ0) is 19.3. The van der Waals surface area contributed by atoms with Crippen LogP contribution in [0.3, 0.4) is 0 Å². The molecule has 8 heteroatoms. The molecule has 0 fully saturated rings. The number of methoxy groups -OCH3 is 1. The van der Waals surface area contributed by atoms with Crippen LogP contribution < -0.4 is 20.3 Å². The van der Waals surface area contributed by atoms with E-state index >= 15 is 0 Å². The summed E-state index contributed by atoms with van der Waals surface area (Å²) in [6.07, 6.45) is 1.78. The largest absolute Gasteiger partial charge is 0.494 e. The van der Waals surface area contributed by atoms with Crippen molar-refractivity contribution in [2.45, 2.75) is 26.7 Å². The number of hydrogen-bond donors (Lipinski definition) is 2. The molecule has 1 atom stereocenters. The van der Waals surface area contributed by atoms with Crippen molar-refractivity contribution < 1.29 is 8.95 Å². The van der Waals surface area contributed by atoms with Gasteiger partial charge in [-0.2, -0.15) is 0 Å². The van der Waals surface area contributed by atoms with E-state index in [4.69, 9.17) is 16.3 Å². The minimum atomic E-state index is -1.29. The fourth-order valence-electron chi connectivity index (χ4n) is 2.37. The van der Waals surface area contributed by atoms with E-state index < -0.39 is 11.0 Å². The lowest BCUT2D eigenvalue weighted by atomic mass is 10.2. The van der Waals surface area contributed by atoms with Gasteiger partial charge in [0.05, 0.1) is 17.8 Å². The number of anilines is 3. The van der Waals surface area contributed by atoms with Gasteiger partial charge in [0.1, 0.15) is 22.5 Å². The molecule has 0 aliphatic rings. The summed E-state index contributed by atoms with van der Waals surface area (Å²) in [5, 5.41) is 3.69. The first kappa shape index (κ1) is 20.3. The number of aromatic nitrogens is 1. The highest BCUT2D eigenvalue weighted by molar-refractivity contribution is 7.86. The first-order valence-electron chi connectivity index (χ1n) is 8.33. The summed E-state index contributed by atoms with van der Waals surface area (Å²) >= 11 is 6.31. The number of nitrogens with zero attached hydrogens (tertiary/aromatic N) is 1. The van der Waals surface area contributed by atoms with Crippen molar-refractivity contribution in [2.24, 2.45) is 7.05 Å². The van der Waals surface area contributed by atoms with Crippen LogP contribution in [0.1, 0.15) is 25.3 Å². The predicted octanol–water partition coefficient (Wildman–Crippen LogP) is 3.98. The van der Waals surface area contributed by atoms with Gasteiger partial charge in [0.2, 0.25) is 0 Å². The SMILES string of the molecule is CCCCS(=O)Nc1c(OC)cc(=O)n(C)c1Nc1ccc(C)cc1Cl. The second-order valence-corrected chi connectivity index (χ2v) is 7.66. The van der Waals surface area contributed by atoms with E-state index in [-0.39, 0.29) is 5.56 Å². The predicted molar refractivity (Wildman–Crippen MR) is 109 cm³/mol. The molecule has 0 aliphatic carbocycles. The van der Waals surface area contributed by atoms with Gasteiger partial charge < -0.3 is 10.1 Å². The maximum absolute atomic E-state index is 12.4. The van der Waals surface area contributed by atoms with Gasteiger partial charge >= 0.3 is 0 Å². The lowest BCUT2D eigenvalue weighted by Crippen LogP contribution is -2.22. The third kappa shape index (κ3) is 4.80. The maximum atomic E-state index is 12.4. The van der Waals surface area contributed by atoms with E-state index in [0.717, 1.165) is 18.4 Å². The molecule has 0 radical (unpaired) electrons. The van der Waals surface area contributed by atoms with Gasteiger partial charge in [0.15, 0.2) is 5.75 Å². The first-order chi connectivity index (χ1) is 12.4. The Balaban J connectivity index is 2.49. The molecule has 6 nitrogen and oxygen atoms in total. The number of halogens is 1. The van der Waals surface area contributed by atoms with Crippen LogP contribution in [0.5, 0.6) is 5.75 Å². The molecule has 0 aliphatic heterocycles. The van der Waals surface area contributed by atoms with E-state index in [1.54, 1.807) is 7.05 Å². The smallest absolute Gasteiger partial charge is 0.255 e. The van der Waals surface area contributed by atoms with E-state index in [0.29, 0.717) is 33.7 Å². The van der Waals surface area contributed by atoms with E-state index in [2.05, 4.69) is 10.0 Å². The Labute approximate surface area is 161 Å². The molecule has 2 N–H and O–H groups in total. The number of nitrogens with one attached hydrogen (secondary N) is 2. The molecule has 1 heterocycles. The molecular formula is C18H24ClN3O3S. The van der Waals surface area contributed by atoms with Crippen molar-refractivity contribution in [1.29, 1.82) is 0 Å². The van der Waals surface area contributed by atoms with Crippen molar-refractivity contribution in [3.63, 3.8) is 0 Å². The summed E-state index contributed by atoms with van der Waals surface area (Å²) in [7, 11) is 1.81. The Morgan fingerprint density at radius 3 is 2.65 bits per heavy atom. The topological polar surface area (TPSA) is 72.4 Å². The summed E-state index contributed by atoms with van der Waals surface area (Å²) in [4.78, 5) is 12.3. The molecule has 1 aromatic heterocycles. The van der Waals surface area contributed by atoms with Gasteiger partial charge in [-0.3, -0.25) is 14.1 Å². The molecule has 1 unspecified atom stereocenters. The van der Waals surface area contributed by atoms with Crippen LogP contribution in [0.4, 0.5) is 17.2 Å². The zero-order valence-corrected chi connectivity index (χ0v) is 17.0. The molecule has 1 aromatic carbocycles. The highest BCUT2D eigenvalue weighted by Gasteiger charge is 2.18. The average Bonchev–Trinajstić information content (AvgIpc) is 2.60. The highest BCUT2D eigenvalue weighted by Crippen LogP contribution is 2.35. The third-order valence-electron chi connectivity index (χ3n) is 3.90. The molecule has 142 valence electrons. The fraction of sp³-hybridized carbons (Fsp3) is 0.389. The molecule has 0 bridgehead atoms. The number of pyridine rings is 1. The molecule has 2 aromatic rings. The Bertz CT molecular complexity index is 867. The van der Waals surface area contributed by atoms with Crippen LogP contribution in [0, 0.1) is 6.92 Å².